The van der Waals surface area contributed by atoms with Crippen molar-refractivity contribution in [2.45, 2.75) is 6.92 Å². The van der Waals surface area contributed by atoms with E-state index in [0.717, 1.165) is 64.9 Å². The van der Waals surface area contributed by atoms with Crippen LogP contribution in [0.4, 0.5) is 5.69 Å². The van der Waals surface area contributed by atoms with Crippen LogP contribution in [0.5, 0.6) is 0 Å². The van der Waals surface area contributed by atoms with Crippen molar-refractivity contribution in [2.24, 2.45) is 4.99 Å². The molecule has 26 heavy (non-hydrogen) atoms. The first-order valence-corrected chi connectivity index (χ1v) is 9.25. The van der Waals surface area contributed by atoms with Crippen LogP contribution in [0.25, 0.3) is 0 Å². The third kappa shape index (κ3) is 7.67. The number of para-hydroxylation sites is 1. The SMILES string of the molecule is CCNC(=NCCN(C)CCOC)N1CCN(c2ccccc2)CC1.I. The Labute approximate surface area is 175 Å². The van der Waals surface area contributed by atoms with E-state index in [2.05, 4.69) is 64.3 Å². The number of nitrogens with one attached hydrogen (secondary N) is 1. The maximum Gasteiger partial charge on any atom is 0.194 e. The maximum atomic E-state index is 5.12. The first-order valence-electron chi connectivity index (χ1n) is 9.25. The summed E-state index contributed by atoms with van der Waals surface area (Å²) in [6.45, 7) is 10.5. The van der Waals surface area contributed by atoms with Crippen LogP contribution in [0, 0.1) is 0 Å². The standard InChI is InChI=1S/C19H33N5O.HI/c1-4-20-19(21-10-11-22(2)16-17-25-3)24-14-12-23(13-15-24)18-8-6-5-7-9-18;/h5-9H,4,10-17H2,1-3H3,(H,20,21);1H. The molecule has 2 rings (SSSR count). The summed E-state index contributed by atoms with van der Waals surface area (Å²) in [7, 11) is 3.85. The molecule has 1 aliphatic heterocycles. The van der Waals surface area contributed by atoms with Gasteiger partial charge < -0.3 is 24.8 Å². The average Bonchev–Trinajstić information content (AvgIpc) is 2.66. The lowest BCUT2D eigenvalue weighted by Crippen LogP contribution is -2.52. The fraction of sp³-hybridized carbons (Fsp3) is 0.632. The number of piperazine rings is 1. The van der Waals surface area contributed by atoms with E-state index in [4.69, 9.17) is 9.73 Å². The lowest BCUT2D eigenvalue weighted by molar-refractivity contribution is 0.163. The molecule has 0 amide bonds. The first kappa shape index (κ1) is 23.0. The van der Waals surface area contributed by atoms with Gasteiger partial charge in [0.2, 0.25) is 0 Å². The van der Waals surface area contributed by atoms with Crippen LogP contribution in [0.1, 0.15) is 6.92 Å². The molecule has 1 heterocycles. The number of hydrogen-bond acceptors (Lipinski definition) is 4. The van der Waals surface area contributed by atoms with Crippen molar-refractivity contribution in [2.75, 3.05) is 78.0 Å². The third-order valence-corrected chi connectivity index (χ3v) is 4.46. The van der Waals surface area contributed by atoms with Crippen LogP contribution >= 0.6 is 24.0 Å². The van der Waals surface area contributed by atoms with Crippen molar-refractivity contribution < 1.29 is 4.74 Å². The number of halogens is 1. The number of hydrogen-bond donors (Lipinski definition) is 1. The Morgan fingerprint density at radius 1 is 1.15 bits per heavy atom. The summed E-state index contributed by atoms with van der Waals surface area (Å²) < 4.78 is 5.12. The van der Waals surface area contributed by atoms with E-state index >= 15 is 0 Å². The molecule has 1 N–H and O–H groups in total. The number of benzene rings is 1. The highest BCUT2D eigenvalue weighted by atomic mass is 127. The molecule has 1 aromatic carbocycles. The summed E-state index contributed by atoms with van der Waals surface area (Å²) >= 11 is 0. The molecular formula is C19H34IN5O. The molecule has 1 fully saturated rings. The number of ether oxygens (including phenoxy) is 1. The number of likely N-dealkylation sites (N-methyl/N-ethyl adjacent to an activating group) is 1. The number of anilines is 1. The highest BCUT2D eigenvalue weighted by Gasteiger charge is 2.19. The second-order valence-corrected chi connectivity index (χ2v) is 6.34. The number of rotatable bonds is 8. The lowest BCUT2D eigenvalue weighted by atomic mass is 10.2. The van der Waals surface area contributed by atoms with Crippen LogP contribution in [0.15, 0.2) is 35.3 Å². The highest BCUT2D eigenvalue weighted by molar-refractivity contribution is 14.0. The van der Waals surface area contributed by atoms with Gasteiger partial charge in [0.1, 0.15) is 0 Å². The van der Waals surface area contributed by atoms with Crippen molar-refractivity contribution in [3.05, 3.63) is 30.3 Å². The lowest BCUT2D eigenvalue weighted by Gasteiger charge is -2.37. The molecule has 0 aromatic heterocycles. The molecule has 0 spiro atoms. The van der Waals surface area contributed by atoms with Crippen molar-refractivity contribution in [1.29, 1.82) is 0 Å². The van der Waals surface area contributed by atoms with Gasteiger partial charge in [0.15, 0.2) is 5.96 Å². The second kappa shape index (κ2) is 13.2. The van der Waals surface area contributed by atoms with Gasteiger partial charge in [-0.3, -0.25) is 4.99 Å². The fourth-order valence-electron chi connectivity index (χ4n) is 2.93. The quantitative estimate of drug-likeness (QED) is 0.354. The van der Waals surface area contributed by atoms with Crippen LogP contribution < -0.4 is 10.2 Å². The number of nitrogens with zero attached hydrogens (tertiary/aromatic N) is 4. The molecule has 1 aromatic rings. The van der Waals surface area contributed by atoms with E-state index in [0.29, 0.717) is 0 Å². The first-order chi connectivity index (χ1) is 12.2. The van der Waals surface area contributed by atoms with Gasteiger partial charge in [-0.2, -0.15) is 0 Å². The average molecular weight is 475 g/mol. The zero-order valence-electron chi connectivity index (χ0n) is 16.4. The summed E-state index contributed by atoms with van der Waals surface area (Å²) in [5.41, 5.74) is 1.31. The number of guanidine groups is 1. The van der Waals surface area contributed by atoms with E-state index in [1.807, 2.05) is 0 Å². The Balaban J connectivity index is 0.00000338. The minimum atomic E-state index is 0. The summed E-state index contributed by atoms with van der Waals surface area (Å²) in [5.74, 6) is 1.04. The largest absolute Gasteiger partial charge is 0.383 e. The van der Waals surface area contributed by atoms with E-state index in [-0.39, 0.29) is 24.0 Å². The van der Waals surface area contributed by atoms with Crippen molar-refractivity contribution in [3.8, 4) is 0 Å². The molecule has 0 bridgehead atoms. The number of aliphatic imine (C=N–C) groups is 1. The Morgan fingerprint density at radius 3 is 2.46 bits per heavy atom. The summed E-state index contributed by atoms with van der Waals surface area (Å²) in [6, 6.07) is 10.6. The molecule has 0 atom stereocenters. The topological polar surface area (TPSA) is 43.3 Å². The zero-order chi connectivity index (χ0) is 17.9. The van der Waals surface area contributed by atoms with Crippen molar-refractivity contribution in [3.63, 3.8) is 0 Å². The fourth-order valence-corrected chi connectivity index (χ4v) is 2.93. The summed E-state index contributed by atoms with van der Waals surface area (Å²) in [6.07, 6.45) is 0. The summed E-state index contributed by atoms with van der Waals surface area (Å²) in [4.78, 5) is 11.9. The molecule has 6 nitrogen and oxygen atoms in total. The minimum Gasteiger partial charge on any atom is -0.383 e. The smallest absolute Gasteiger partial charge is 0.194 e. The Morgan fingerprint density at radius 2 is 1.85 bits per heavy atom. The number of methoxy groups -OCH3 is 1. The molecule has 1 saturated heterocycles. The molecule has 0 radical (unpaired) electrons. The van der Waals surface area contributed by atoms with Crippen molar-refractivity contribution in [1.82, 2.24) is 15.1 Å². The van der Waals surface area contributed by atoms with Gasteiger partial charge in [0.25, 0.3) is 0 Å². The van der Waals surface area contributed by atoms with Gasteiger partial charge >= 0.3 is 0 Å². The van der Waals surface area contributed by atoms with Crippen molar-refractivity contribution >= 4 is 35.6 Å². The van der Waals surface area contributed by atoms with Crippen LogP contribution in [-0.2, 0) is 4.74 Å². The molecular weight excluding hydrogens is 441 g/mol. The molecule has 1 aliphatic rings. The van der Waals surface area contributed by atoms with Crippen LogP contribution in [0.2, 0.25) is 0 Å². The van der Waals surface area contributed by atoms with E-state index in [9.17, 15) is 0 Å². The molecule has 0 unspecified atom stereocenters. The van der Waals surface area contributed by atoms with E-state index < -0.39 is 0 Å². The monoisotopic (exact) mass is 475 g/mol. The highest BCUT2D eigenvalue weighted by Crippen LogP contribution is 2.15. The van der Waals surface area contributed by atoms with Gasteiger partial charge in [-0.15, -0.1) is 24.0 Å². The second-order valence-electron chi connectivity index (χ2n) is 6.34. The molecule has 7 heteroatoms. The maximum absolute atomic E-state index is 5.12. The van der Waals surface area contributed by atoms with Gasteiger partial charge in [-0.25, -0.2) is 0 Å². The van der Waals surface area contributed by atoms with Gasteiger partial charge in [-0.05, 0) is 26.1 Å². The molecule has 0 aliphatic carbocycles. The van der Waals surface area contributed by atoms with Crippen LogP contribution in [0.3, 0.4) is 0 Å². The van der Waals surface area contributed by atoms with Gasteiger partial charge in [0, 0.05) is 58.6 Å². The summed E-state index contributed by atoms with van der Waals surface area (Å²) in [5, 5.41) is 3.44. The van der Waals surface area contributed by atoms with Gasteiger partial charge in [-0.1, -0.05) is 18.2 Å². The zero-order valence-corrected chi connectivity index (χ0v) is 18.7. The minimum absolute atomic E-state index is 0. The Kier molecular flexibility index (Phi) is 11.6. The Hall–Kier alpha value is -1.06. The van der Waals surface area contributed by atoms with E-state index in [1.54, 1.807) is 7.11 Å². The molecule has 148 valence electrons. The third-order valence-electron chi connectivity index (χ3n) is 4.46. The Bertz CT molecular complexity index is 506. The van der Waals surface area contributed by atoms with Crippen LogP contribution in [-0.4, -0.2) is 88.9 Å². The van der Waals surface area contributed by atoms with E-state index in [1.165, 1.54) is 5.69 Å². The normalized spacial score (nSPS) is 15.2. The van der Waals surface area contributed by atoms with Gasteiger partial charge in [0.05, 0.1) is 13.2 Å². The predicted molar refractivity (Wildman–Crippen MR) is 121 cm³/mol. The predicted octanol–water partition coefficient (Wildman–Crippen LogP) is 1.97. The molecule has 0 saturated carbocycles.